The lowest BCUT2D eigenvalue weighted by Gasteiger charge is -2.07. The van der Waals surface area contributed by atoms with E-state index in [1.165, 1.54) is 24.6 Å². The maximum atomic E-state index is 11.9. The lowest BCUT2D eigenvalue weighted by Crippen LogP contribution is -2.20. The van der Waals surface area contributed by atoms with E-state index in [1.807, 2.05) is 18.2 Å². The summed E-state index contributed by atoms with van der Waals surface area (Å²) in [7, 11) is 0. The molecule has 0 radical (unpaired) electrons. The van der Waals surface area contributed by atoms with Crippen LogP contribution in [0.25, 0.3) is 6.08 Å². The van der Waals surface area contributed by atoms with Gasteiger partial charge in [0.15, 0.2) is 6.61 Å². The molecule has 0 aliphatic heterocycles. The number of benzene rings is 1. The van der Waals surface area contributed by atoms with Crippen molar-refractivity contribution in [1.82, 2.24) is 4.57 Å². The van der Waals surface area contributed by atoms with Crippen LogP contribution in [0.15, 0.2) is 40.9 Å². The third-order valence-corrected chi connectivity index (χ3v) is 5.02. The topological polar surface area (TPSA) is 60.3 Å². The number of hydrogen-bond acceptors (Lipinski definition) is 3. The van der Waals surface area contributed by atoms with E-state index in [0.29, 0.717) is 11.7 Å². The summed E-state index contributed by atoms with van der Waals surface area (Å²) in [4.78, 5) is 23.8. The van der Waals surface area contributed by atoms with Gasteiger partial charge in [0.05, 0.1) is 5.69 Å². The van der Waals surface area contributed by atoms with Crippen LogP contribution in [-0.4, -0.2) is 23.1 Å². The number of carbonyl (C=O) groups is 2. The van der Waals surface area contributed by atoms with E-state index < -0.39 is 5.97 Å². The molecule has 1 aromatic carbocycles. The van der Waals surface area contributed by atoms with Crippen LogP contribution in [-0.2, 0) is 14.3 Å². The number of ether oxygens (including phenoxy) is 1. The number of rotatable bonds is 6. The third kappa shape index (κ3) is 4.43. The normalized spacial score (nSPS) is 13.8. The molecule has 5 nitrogen and oxygen atoms in total. The molecule has 1 N–H and O–H groups in total. The van der Waals surface area contributed by atoms with Gasteiger partial charge in [-0.15, -0.1) is 0 Å². The Morgan fingerprint density at radius 2 is 2.04 bits per heavy atom. The average molecular weight is 417 g/mol. The minimum atomic E-state index is -0.538. The van der Waals surface area contributed by atoms with Gasteiger partial charge in [-0.3, -0.25) is 4.79 Å². The quantitative estimate of drug-likeness (QED) is 0.560. The Hall–Kier alpha value is -2.34. The second-order valence-corrected chi connectivity index (χ2v) is 7.25. The fourth-order valence-corrected chi connectivity index (χ4v) is 3.34. The summed E-state index contributed by atoms with van der Waals surface area (Å²) < 4.78 is 8.10. The Labute approximate surface area is 161 Å². The zero-order chi connectivity index (χ0) is 18.7. The number of aryl methyl sites for hydroxylation is 1. The number of para-hydroxylation sites is 1. The first-order chi connectivity index (χ1) is 12.5. The van der Waals surface area contributed by atoms with E-state index in [1.54, 1.807) is 12.1 Å². The Bertz CT molecular complexity index is 866. The van der Waals surface area contributed by atoms with Crippen LogP contribution < -0.4 is 5.32 Å². The largest absolute Gasteiger partial charge is 0.452 e. The van der Waals surface area contributed by atoms with Crippen LogP contribution in [0.2, 0.25) is 0 Å². The van der Waals surface area contributed by atoms with E-state index >= 15 is 0 Å². The molecular formula is C20H21BrN2O3. The summed E-state index contributed by atoms with van der Waals surface area (Å²) in [5.41, 5.74) is 3.99. The predicted molar refractivity (Wildman–Crippen MR) is 105 cm³/mol. The fraction of sp³-hybridized carbons (Fsp3) is 0.300. The van der Waals surface area contributed by atoms with Crippen molar-refractivity contribution in [2.45, 2.75) is 32.7 Å². The van der Waals surface area contributed by atoms with Gasteiger partial charge in [0, 0.05) is 28.0 Å². The van der Waals surface area contributed by atoms with Gasteiger partial charge in [-0.05, 0) is 72.5 Å². The zero-order valence-corrected chi connectivity index (χ0v) is 16.4. The molecule has 1 saturated carbocycles. The van der Waals surface area contributed by atoms with Crippen LogP contribution in [0.5, 0.6) is 0 Å². The molecule has 2 aromatic rings. The summed E-state index contributed by atoms with van der Waals surface area (Å²) in [5.74, 6) is -0.922. The van der Waals surface area contributed by atoms with Crippen LogP contribution in [0.1, 0.15) is 35.8 Å². The molecule has 26 heavy (non-hydrogen) atoms. The average Bonchev–Trinajstić information content (AvgIpc) is 3.39. The first-order valence-electron chi connectivity index (χ1n) is 8.53. The first-order valence-corrected chi connectivity index (χ1v) is 9.32. The van der Waals surface area contributed by atoms with Crippen molar-refractivity contribution < 1.29 is 14.3 Å². The first kappa shape index (κ1) is 18.5. The monoisotopic (exact) mass is 416 g/mol. The summed E-state index contributed by atoms with van der Waals surface area (Å²) in [5, 5.41) is 2.69. The van der Waals surface area contributed by atoms with Gasteiger partial charge in [0.1, 0.15) is 0 Å². The molecule has 0 saturated heterocycles. The standard InChI is InChI=1S/C20H21BrN2O3/c1-13-11-15(14(2)23(13)16-8-9-16)7-10-20(25)26-12-19(24)22-18-6-4-3-5-17(18)21/h3-7,10-11,16H,8-9,12H2,1-2H3,(H,22,24)/b10-7+. The SMILES string of the molecule is Cc1cc(/C=C/C(=O)OCC(=O)Nc2ccccc2Br)c(C)n1C1CC1. The van der Waals surface area contributed by atoms with Crippen molar-refractivity contribution in [3.8, 4) is 0 Å². The molecule has 0 spiro atoms. The van der Waals surface area contributed by atoms with Gasteiger partial charge in [-0.2, -0.15) is 0 Å². The number of hydrogen-bond donors (Lipinski definition) is 1. The number of halogens is 1. The molecule has 0 atom stereocenters. The van der Waals surface area contributed by atoms with E-state index in [4.69, 9.17) is 4.74 Å². The van der Waals surface area contributed by atoms with Crippen LogP contribution in [0, 0.1) is 13.8 Å². The highest BCUT2D eigenvalue weighted by Crippen LogP contribution is 2.38. The van der Waals surface area contributed by atoms with Crippen LogP contribution in [0.4, 0.5) is 5.69 Å². The minimum Gasteiger partial charge on any atom is -0.452 e. The molecule has 3 rings (SSSR count). The summed E-state index contributed by atoms with van der Waals surface area (Å²) in [6.45, 7) is 3.81. The predicted octanol–water partition coefficient (Wildman–Crippen LogP) is 4.40. The summed E-state index contributed by atoms with van der Waals surface area (Å²) in [6, 6.07) is 9.92. The van der Waals surface area contributed by atoms with Crippen LogP contribution >= 0.6 is 15.9 Å². The lowest BCUT2D eigenvalue weighted by molar-refractivity contribution is -0.142. The van der Waals surface area contributed by atoms with Crippen molar-refractivity contribution in [3.63, 3.8) is 0 Å². The molecule has 0 bridgehead atoms. The Morgan fingerprint density at radius 3 is 2.73 bits per heavy atom. The molecule has 1 fully saturated rings. The number of nitrogens with one attached hydrogen (secondary N) is 1. The smallest absolute Gasteiger partial charge is 0.331 e. The second kappa shape index (κ2) is 7.91. The lowest BCUT2D eigenvalue weighted by atomic mass is 10.2. The van der Waals surface area contributed by atoms with Gasteiger partial charge in [0.25, 0.3) is 5.91 Å². The number of esters is 1. The maximum absolute atomic E-state index is 11.9. The number of carbonyl (C=O) groups excluding carboxylic acids is 2. The zero-order valence-electron chi connectivity index (χ0n) is 14.8. The van der Waals surface area contributed by atoms with Crippen LogP contribution in [0.3, 0.4) is 0 Å². The Kier molecular flexibility index (Phi) is 5.61. The number of amides is 1. The third-order valence-electron chi connectivity index (χ3n) is 4.33. The van der Waals surface area contributed by atoms with Crippen molar-refractivity contribution in [1.29, 1.82) is 0 Å². The van der Waals surface area contributed by atoms with E-state index in [-0.39, 0.29) is 12.5 Å². The number of aromatic nitrogens is 1. The molecule has 1 aromatic heterocycles. The van der Waals surface area contributed by atoms with Crippen molar-refractivity contribution >= 4 is 39.6 Å². The van der Waals surface area contributed by atoms with E-state index in [9.17, 15) is 9.59 Å². The minimum absolute atomic E-state index is 0.328. The summed E-state index contributed by atoms with van der Waals surface area (Å²) >= 11 is 3.35. The highest BCUT2D eigenvalue weighted by Gasteiger charge is 2.26. The molecule has 0 unspecified atom stereocenters. The van der Waals surface area contributed by atoms with Gasteiger partial charge in [-0.25, -0.2) is 4.79 Å². The molecule has 1 heterocycles. The Morgan fingerprint density at radius 1 is 1.31 bits per heavy atom. The van der Waals surface area contributed by atoms with Crippen molar-refractivity contribution in [3.05, 3.63) is 57.8 Å². The highest BCUT2D eigenvalue weighted by atomic mass is 79.9. The maximum Gasteiger partial charge on any atom is 0.331 e. The molecule has 1 aliphatic carbocycles. The van der Waals surface area contributed by atoms with Gasteiger partial charge in [0.2, 0.25) is 0 Å². The molecule has 6 heteroatoms. The number of nitrogens with zero attached hydrogens (tertiary/aromatic N) is 1. The van der Waals surface area contributed by atoms with Crippen molar-refractivity contribution in [2.24, 2.45) is 0 Å². The van der Waals surface area contributed by atoms with E-state index in [0.717, 1.165) is 15.7 Å². The van der Waals surface area contributed by atoms with Gasteiger partial charge in [-0.1, -0.05) is 12.1 Å². The molecule has 1 amide bonds. The van der Waals surface area contributed by atoms with Gasteiger partial charge < -0.3 is 14.6 Å². The summed E-state index contributed by atoms with van der Waals surface area (Å²) in [6.07, 6.45) is 5.54. The Balaban J connectivity index is 1.53. The fourth-order valence-electron chi connectivity index (χ4n) is 2.96. The highest BCUT2D eigenvalue weighted by molar-refractivity contribution is 9.10. The number of anilines is 1. The second-order valence-electron chi connectivity index (χ2n) is 6.40. The molecule has 136 valence electrons. The van der Waals surface area contributed by atoms with E-state index in [2.05, 4.69) is 45.7 Å². The van der Waals surface area contributed by atoms with Gasteiger partial charge >= 0.3 is 5.97 Å². The van der Waals surface area contributed by atoms with Crippen molar-refractivity contribution in [2.75, 3.05) is 11.9 Å². The molecule has 1 aliphatic rings. The molecular weight excluding hydrogens is 396 g/mol.